The average Bonchev–Trinajstić information content (AvgIpc) is 2.97. The van der Waals surface area contributed by atoms with E-state index in [-0.39, 0.29) is 12.5 Å². The van der Waals surface area contributed by atoms with Gasteiger partial charge in [0.15, 0.2) is 0 Å². The van der Waals surface area contributed by atoms with E-state index in [9.17, 15) is 13.2 Å². The Kier molecular flexibility index (Phi) is 5.87. The van der Waals surface area contributed by atoms with E-state index in [0.29, 0.717) is 30.9 Å². The number of aromatic nitrogens is 2. The molecule has 1 amide bonds. The molecule has 0 spiro atoms. The first-order valence-electron chi connectivity index (χ1n) is 9.49. The SMILES string of the molecule is CCN(CC)S(=O)(=O)N1CCNC(=O)C1c1c(C)nn(-c2ccccc2)c1C. The van der Waals surface area contributed by atoms with E-state index in [0.717, 1.165) is 11.4 Å². The van der Waals surface area contributed by atoms with E-state index in [1.807, 2.05) is 44.2 Å². The monoisotopic (exact) mass is 405 g/mol. The number of nitrogens with one attached hydrogen (secondary N) is 1. The van der Waals surface area contributed by atoms with Crippen LogP contribution in [0.1, 0.15) is 36.8 Å². The van der Waals surface area contributed by atoms with E-state index >= 15 is 0 Å². The van der Waals surface area contributed by atoms with Gasteiger partial charge in [-0.15, -0.1) is 0 Å². The number of aryl methyl sites for hydroxylation is 1. The lowest BCUT2D eigenvalue weighted by Crippen LogP contribution is -2.56. The van der Waals surface area contributed by atoms with Crippen LogP contribution >= 0.6 is 0 Å². The highest BCUT2D eigenvalue weighted by atomic mass is 32.2. The lowest BCUT2D eigenvalue weighted by Gasteiger charge is -2.37. The molecular formula is C19H27N5O3S. The minimum absolute atomic E-state index is 0.227. The van der Waals surface area contributed by atoms with Crippen LogP contribution in [0.15, 0.2) is 30.3 Å². The fraction of sp³-hybridized carbons (Fsp3) is 0.474. The van der Waals surface area contributed by atoms with Gasteiger partial charge in [-0.3, -0.25) is 4.79 Å². The van der Waals surface area contributed by atoms with Gasteiger partial charge in [0.25, 0.3) is 10.2 Å². The summed E-state index contributed by atoms with van der Waals surface area (Å²) in [7, 11) is -3.77. The van der Waals surface area contributed by atoms with Crippen molar-refractivity contribution in [2.45, 2.75) is 33.7 Å². The van der Waals surface area contributed by atoms with Gasteiger partial charge in [0.05, 0.1) is 11.4 Å². The van der Waals surface area contributed by atoms with Crippen LogP contribution in [0.2, 0.25) is 0 Å². The molecule has 0 saturated carbocycles. The van der Waals surface area contributed by atoms with Crippen molar-refractivity contribution < 1.29 is 13.2 Å². The highest BCUT2D eigenvalue weighted by molar-refractivity contribution is 7.86. The second kappa shape index (κ2) is 8.02. The lowest BCUT2D eigenvalue weighted by molar-refractivity contribution is -0.127. The number of amides is 1. The molecule has 1 N–H and O–H groups in total. The largest absolute Gasteiger partial charge is 0.353 e. The molecule has 1 fully saturated rings. The number of rotatable bonds is 6. The minimum atomic E-state index is -3.77. The van der Waals surface area contributed by atoms with Gasteiger partial charge in [-0.1, -0.05) is 32.0 Å². The zero-order chi connectivity index (χ0) is 20.5. The van der Waals surface area contributed by atoms with E-state index in [2.05, 4.69) is 10.4 Å². The minimum Gasteiger partial charge on any atom is -0.353 e. The predicted molar refractivity (Wildman–Crippen MR) is 107 cm³/mol. The Labute approximate surface area is 166 Å². The third-order valence-corrected chi connectivity index (χ3v) is 7.27. The Morgan fingerprint density at radius 1 is 1.18 bits per heavy atom. The van der Waals surface area contributed by atoms with Gasteiger partial charge < -0.3 is 5.32 Å². The van der Waals surface area contributed by atoms with Crippen LogP contribution in [0.5, 0.6) is 0 Å². The van der Waals surface area contributed by atoms with Crippen molar-refractivity contribution in [3.05, 3.63) is 47.3 Å². The molecule has 1 aromatic carbocycles. The molecule has 152 valence electrons. The number of hydrogen-bond acceptors (Lipinski definition) is 4. The standard InChI is InChI=1S/C19H27N5O3S/c1-5-22(6-2)28(26,27)23-13-12-20-19(25)18(23)17-14(3)21-24(15(17)4)16-10-8-7-9-11-16/h7-11,18H,5-6,12-13H2,1-4H3,(H,20,25). The Morgan fingerprint density at radius 2 is 1.82 bits per heavy atom. The van der Waals surface area contributed by atoms with Gasteiger partial charge in [-0.05, 0) is 26.0 Å². The summed E-state index contributed by atoms with van der Waals surface area (Å²) in [5.41, 5.74) is 2.90. The van der Waals surface area contributed by atoms with Crippen LogP contribution in [0, 0.1) is 13.8 Å². The third-order valence-electron chi connectivity index (χ3n) is 5.12. The van der Waals surface area contributed by atoms with Gasteiger partial charge in [0.2, 0.25) is 5.91 Å². The third kappa shape index (κ3) is 3.45. The normalized spacial score (nSPS) is 18.5. The molecule has 1 atom stereocenters. The van der Waals surface area contributed by atoms with E-state index in [1.54, 1.807) is 18.5 Å². The Balaban J connectivity index is 2.12. The van der Waals surface area contributed by atoms with E-state index in [4.69, 9.17) is 0 Å². The molecule has 0 radical (unpaired) electrons. The molecule has 1 unspecified atom stereocenters. The molecule has 28 heavy (non-hydrogen) atoms. The van der Waals surface area contributed by atoms with Crippen molar-refractivity contribution in [2.75, 3.05) is 26.2 Å². The smallest absolute Gasteiger partial charge is 0.283 e. The van der Waals surface area contributed by atoms with Crippen molar-refractivity contribution in [1.82, 2.24) is 23.7 Å². The van der Waals surface area contributed by atoms with Crippen molar-refractivity contribution in [2.24, 2.45) is 0 Å². The van der Waals surface area contributed by atoms with Crippen LogP contribution in [-0.4, -0.2) is 58.9 Å². The second-order valence-corrected chi connectivity index (χ2v) is 8.61. The first-order chi connectivity index (χ1) is 13.3. The first-order valence-corrected chi connectivity index (χ1v) is 10.9. The van der Waals surface area contributed by atoms with Crippen LogP contribution in [0.4, 0.5) is 0 Å². The van der Waals surface area contributed by atoms with Gasteiger partial charge in [-0.25, -0.2) is 4.68 Å². The summed E-state index contributed by atoms with van der Waals surface area (Å²) >= 11 is 0. The fourth-order valence-electron chi connectivity index (χ4n) is 3.74. The molecule has 8 nitrogen and oxygen atoms in total. The first kappa shape index (κ1) is 20.5. The molecule has 1 aromatic heterocycles. The Morgan fingerprint density at radius 3 is 2.43 bits per heavy atom. The summed E-state index contributed by atoms with van der Waals surface area (Å²) in [5.74, 6) is -0.319. The Hall–Kier alpha value is -2.23. The zero-order valence-corrected chi connectivity index (χ0v) is 17.5. The van der Waals surface area contributed by atoms with E-state index in [1.165, 1.54) is 8.61 Å². The number of para-hydroxylation sites is 1. The number of piperazine rings is 1. The molecule has 1 aliphatic heterocycles. The summed E-state index contributed by atoms with van der Waals surface area (Å²) in [5, 5.41) is 7.40. The maximum absolute atomic E-state index is 13.2. The van der Waals surface area contributed by atoms with Crippen molar-refractivity contribution >= 4 is 16.1 Å². The Bertz CT molecular complexity index is 951. The topological polar surface area (TPSA) is 87.5 Å². The molecule has 0 bridgehead atoms. The van der Waals surface area contributed by atoms with Crippen molar-refractivity contribution in [1.29, 1.82) is 0 Å². The number of carbonyl (C=O) groups is 1. The summed E-state index contributed by atoms with van der Waals surface area (Å²) in [6.45, 7) is 8.49. The molecule has 9 heteroatoms. The van der Waals surface area contributed by atoms with Crippen LogP contribution in [0.25, 0.3) is 5.69 Å². The zero-order valence-electron chi connectivity index (χ0n) is 16.7. The quantitative estimate of drug-likeness (QED) is 0.790. The van der Waals surface area contributed by atoms with Crippen molar-refractivity contribution in [3.8, 4) is 5.69 Å². The van der Waals surface area contributed by atoms with Gasteiger partial charge in [0, 0.05) is 37.4 Å². The summed E-state index contributed by atoms with van der Waals surface area (Å²) in [4.78, 5) is 12.8. The van der Waals surface area contributed by atoms with E-state index < -0.39 is 16.3 Å². The molecule has 1 aliphatic rings. The van der Waals surface area contributed by atoms with Crippen LogP contribution in [0.3, 0.4) is 0 Å². The number of carbonyl (C=O) groups excluding carboxylic acids is 1. The number of nitrogens with zero attached hydrogens (tertiary/aromatic N) is 4. The van der Waals surface area contributed by atoms with Crippen LogP contribution in [-0.2, 0) is 15.0 Å². The highest BCUT2D eigenvalue weighted by Crippen LogP contribution is 2.32. The maximum atomic E-state index is 13.2. The van der Waals surface area contributed by atoms with Crippen LogP contribution < -0.4 is 5.32 Å². The van der Waals surface area contributed by atoms with Gasteiger partial charge >= 0.3 is 0 Å². The van der Waals surface area contributed by atoms with Gasteiger partial charge in [0.1, 0.15) is 6.04 Å². The van der Waals surface area contributed by atoms with Gasteiger partial charge in [-0.2, -0.15) is 22.1 Å². The highest BCUT2D eigenvalue weighted by Gasteiger charge is 2.43. The molecular weight excluding hydrogens is 378 g/mol. The maximum Gasteiger partial charge on any atom is 0.283 e. The molecule has 2 heterocycles. The fourth-order valence-corrected chi connectivity index (χ4v) is 5.48. The predicted octanol–water partition coefficient (Wildman–Crippen LogP) is 1.55. The summed E-state index contributed by atoms with van der Waals surface area (Å²) < 4.78 is 30.9. The average molecular weight is 406 g/mol. The molecule has 1 saturated heterocycles. The lowest BCUT2D eigenvalue weighted by atomic mass is 10.0. The molecule has 3 rings (SSSR count). The summed E-state index contributed by atoms with van der Waals surface area (Å²) in [6, 6.07) is 8.66. The molecule has 0 aliphatic carbocycles. The molecule has 2 aromatic rings. The summed E-state index contributed by atoms with van der Waals surface area (Å²) in [6.07, 6.45) is 0. The number of hydrogen-bond donors (Lipinski definition) is 1. The second-order valence-electron chi connectivity index (χ2n) is 6.73. The number of benzene rings is 1. The van der Waals surface area contributed by atoms with Crippen molar-refractivity contribution in [3.63, 3.8) is 0 Å².